The zero-order valence-electron chi connectivity index (χ0n) is 9.85. The quantitative estimate of drug-likeness (QED) is 0.884. The Balaban J connectivity index is 1.93. The normalized spacial score (nSPS) is 15.4. The second-order valence-corrected chi connectivity index (χ2v) is 6.54. The van der Waals surface area contributed by atoms with Crippen LogP contribution in [0, 0.1) is 0 Å². The molecule has 2 aromatic rings. The van der Waals surface area contributed by atoms with Gasteiger partial charge in [0.1, 0.15) is 5.75 Å². The SMILES string of the molecule is NC(c1csc(Br)c1)c1ccc2c(c1)NC(=O)CO2. The minimum absolute atomic E-state index is 0.0654. The van der Waals surface area contributed by atoms with Crippen LogP contribution >= 0.6 is 27.3 Å². The van der Waals surface area contributed by atoms with Crippen LogP contribution in [0.15, 0.2) is 33.4 Å². The Morgan fingerprint density at radius 2 is 2.21 bits per heavy atom. The summed E-state index contributed by atoms with van der Waals surface area (Å²) in [5, 5.41) is 4.80. The van der Waals surface area contributed by atoms with E-state index >= 15 is 0 Å². The summed E-state index contributed by atoms with van der Waals surface area (Å²) in [7, 11) is 0. The largest absolute Gasteiger partial charge is 0.482 e. The highest BCUT2D eigenvalue weighted by Gasteiger charge is 2.18. The summed E-state index contributed by atoms with van der Waals surface area (Å²) in [4.78, 5) is 11.3. The van der Waals surface area contributed by atoms with Crippen molar-refractivity contribution < 1.29 is 9.53 Å². The number of halogens is 1. The lowest BCUT2D eigenvalue weighted by Gasteiger charge is -2.20. The average Bonchev–Trinajstić information content (AvgIpc) is 2.83. The van der Waals surface area contributed by atoms with Crippen LogP contribution in [0.25, 0.3) is 0 Å². The second-order valence-electron chi connectivity index (χ2n) is 4.25. The van der Waals surface area contributed by atoms with Gasteiger partial charge in [0, 0.05) is 0 Å². The lowest BCUT2D eigenvalue weighted by atomic mass is 10.0. The smallest absolute Gasteiger partial charge is 0.262 e. The molecule has 0 radical (unpaired) electrons. The molecule has 1 amide bonds. The van der Waals surface area contributed by atoms with Crippen LogP contribution in [-0.2, 0) is 4.79 Å². The van der Waals surface area contributed by atoms with Crippen LogP contribution < -0.4 is 15.8 Å². The summed E-state index contributed by atoms with van der Waals surface area (Å²) in [6, 6.07) is 7.41. The third-order valence-electron chi connectivity index (χ3n) is 2.94. The first-order valence-electron chi connectivity index (χ1n) is 5.69. The number of nitrogens with one attached hydrogen (secondary N) is 1. The molecule has 1 aromatic heterocycles. The van der Waals surface area contributed by atoms with Gasteiger partial charge in [-0.05, 0) is 50.6 Å². The van der Waals surface area contributed by atoms with Gasteiger partial charge in [-0.1, -0.05) is 6.07 Å². The summed E-state index contributed by atoms with van der Waals surface area (Å²) in [5.41, 5.74) is 8.89. The van der Waals surface area contributed by atoms with E-state index in [1.165, 1.54) is 0 Å². The molecule has 1 aliphatic heterocycles. The van der Waals surface area contributed by atoms with E-state index < -0.39 is 0 Å². The summed E-state index contributed by atoms with van der Waals surface area (Å²) < 4.78 is 6.37. The zero-order valence-corrected chi connectivity index (χ0v) is 12.3. The van der Waals surface area contributed by atoms with E-state index in [2.05, 4.69) is 21.2 Å². The van der Waals surface area contributed by atoms with Crippen molar-refractivity contribution in [3.63, 3.8) is 0 Å². The van der Waals surface area contributed by atoms with E-state index in [4.69, 9.17) is 10.5 Å². The lowest BCUT2D eigenvalue weighted by Crippen LogP contribution is -2.25. The molecule has 0 aliphatic carbocycles. The molecule has 6 heteroatoms. The molecule has 0 saturated carbocycles. The van der Waals surface area contributed by atoms with E-state index in [-0.39, 0.29) is 18.6 Å². The van der Waals surface area contributed by atoms with Crippen LogP contribution in [-0.4, -0.2) is 12.5 Å². The van der Waals surface area contributed by atoms with E-state index in [1.807, 2.05) is 29.6 Å². The topological polar surface area (TPSA) is 64.3 Å². The van der Waals surface area contributed by atoms with Crippen molar-refractivity contribution in [1.29, 1.82) is 0 Å². The maximum absolute atomic E-state index is 11.3. The molecule has 4 nitrogen and oxygen atoms in total. The molecule has 1 aliphatic rings. The number of carbonyl (C=O) groups is 1. The van der Waals surface area contributed by atoms with Crippen molar-refractivity contribution in [3.05, 3.63) is 44.6 Å². The minimum Gasteiger partial charge on any atom is -0.482 e. The van der Waals surface area contributed by atoms with Crippen molar-refractivity contribution >= 4 is 38.9 Å². The second kappa shape index (κ2) is 4.96. The Morgan fingerprint density at radius 3 is 2.95 bits per heavy atom. The number of thiophene rings is 1. The van der Waals surface area contributed by atoms with Gasteiger partial charge in [0.05, 0.1) is 15.5 Å². The Morgan fingerprint density at radius 1 is 1.37 bits per heavy atom. The molecule has 2 heterocycles. The number of hydrogen-bond donors (Lipinski definition) is 2. The summed E-state index contributed by atoms with van der Waals surface area (Å²) in [6.07, 6.45) is 0. The standard InChI is InChI=1S/C13H11BrN2O2S/c14-11-4-8(6-19-11)13(15)7-1-2-10-9(3-7)16-12(17)5-18-10/h1-4,6,13H,5,15H2,(H,16,17). The number of amides is 1. The molecule has 0 bridgehead atoms. The van der Waals surface area contributed by atoms with Crippen molar-refractivity contribution in [2.45, 2.75) is 6.04 Å². The van der Waals surface area contributed by atoms with Crippen molar-refractivity contribution in [2.24, 2.45) is 5.73 Å². The van der Waals surface area contributed by atoms with Gasteiger partial charge in [-0.3, -0.25) is 4.79 Å². The number of rotatable bonds is 2. The van der Waals surface area contributed by atoms with Crippen molar-refractivity contribution in [1.82, 2.24) is 0 Å². The Hall–Kier alpha value is -1.37. The predicted molar refractivity (Wildman–Crippen MR) is 78.6 cm³/mol. The Kier molecular flexibility index (Phi) is 3.30. The maximum atomic E-state index is 11.3. The number of anilines is 1. The maximum Gasteiger partial charge on any atom is 0.262 e. The predicted octanol–water partition coefficient (Wildman–Crippen LogP) is 2.89. The van der Waals surface area contributed by atoms with Gasteiger partial charge in [0.25, 0.3) is 5.91 Å². The van der Waals surface area contributed by atoms with Gasteiger partial charge < -0.3 is 15.8 Å². The number of fused-ring (bicyclic) bond motifs is 1. The fourth-order valence-corrected chi connectivity index (χ4v) is 3.19. The highest BCUT2D eigenvalue weighted by Crippen LogP contribution is 2.33. The number of nitrogens with two attached hydrogens (primary N) is 1. The van der Waals surface area contributed by atoms with Gasteiger partial charge in [-0.15, -0.1) is 11.3 Å². The van der Waals surface area contributed by atoms with Crippen LogP contribution in [0.3, 0.4) is 0 Å². The molecule has 1 unspecified atom stereocenters. The summed E-state index contributed by atoms with van der Waals surface area (Å²) in [6.45, 7) is 0.0654. The fourth-order valence-electron chi connectivity index (χ4n) is 1.97. The molecule has 0 saturated heterocycles. The molecule has 19 heavy (non-hydrogen) atoms. The van der Waals surface area contributed by atoms with Gasteiger partial charge in [0.2, 0.25) is 0 Å². The van der Waals surface area contributed by atoms with Gasteiger partial charge >= 0.3 is 0 Å². The van der Waals surface area contributed by atoms with Crippen LogP contribution in [0.4, 0.5) is 5.69 Å². The first-order chi connectivity index (χ1) is 9.13. The summed E-state index contributed by atoms with van der Waals surface area (Å²) >= 11 is 5.03. The lowest BCUT2D eigenvalue weighted by molar-refractivity contribution is -0.118. The highest BCUT2D eigenvalue weighted by molar-refractivity contribution is 9.11. The molecule has 0 spiro atoms. The van der Waals surface area contributed by atoms with Crippen LogP contribution in [0.5, 0.6) is 5.75 Å². The van der Waals surface area contributed by atoms with E-state index in [1.54, 1.807) is 11.3 Å². The van der Waals surface area contributed by atoms with Gasteiger partial charge in [-0.2, -0.15) is 0 Å². The first kappa shape index (κ1) is 12.7. The number of carbonyl (C=O) groups excluding carboxylic acids is 1. The zero-order chi connectivity index (χ0) is 13.4. The van der Waals surface area contributed by atoms with Crippen molar-refractivity contribution in [3.8, 4) is 5.75 Å². The minimum atomic E-state index is -0.216. The average molecular weight is 339 g/mol. The fraction of sp³-hybridized carbons (Fsp3) is 0.154. The molecule has 3 N–H and O–H groups in total. The van der Waals surface area contributed by atoms with Gasteiger partial charge in [-0.25, -0.2) is 0 Å². The first-order valence-corrected chi connectivity index (χ1v) is 7.37. The third kappa shape index (κ3) is 2.51. The van der Waals surface area contributed by atoms with Crippen LogP contribution in [0.2, 0.25) is 0 Å². The highest BCUT2D eigenvalue weighted by atomic mass is 79.9. The third-order valence-corrected chi connectivity index (χ3v) is 4.47. The number of ether oxygens (including phenoxy) is 1. The van der Waals surface area contributed by atoms with E-state index in [0.717, 1.165) is 14.9 Å². The Bertz CT molecular complexity index is 641. The Labute approximate surface area is 122 Å². The molecule has 0 fully saturated rings. The molecule has 3 rings (SSSR count). The molecular formula is C13H11BrN2O2S. The van der Waals surface area contributed by atoms with E-state index in [0.29, 0.717) is 11.4 Å². The molecular weight excluding hydrogens is 328 g/mol. The molecule has 1 aromatic carbocycles. The van der Waals surface area contributed by atoms with Gasteiger partial charge in [0.15, 0.2) is 6.61 Å². The molecule has 1 atom stereocenters. The molecule has 98 valence electrons. The van der Waals surface area contributed by atoms with Crippen LogP contribution in [0.1, 0.15) is 17.2 Å². The number of hydrogen-bond acceptors (Lipinski definition) is 4. The van der Waals surface area contributed by atoms with Crippen molar-refractivity contribution in [2.75, 3.05) is 11.9 Å². The summed E-state index contributed by atoms with van der Waals surface area (Å²) in [5.74, 6) is 0.540. The van der Waals surface area contributed by atoms with E-state index in [9.17, 15) is 4.79 Å². The monoisotopic (exact) mass is 338 g/mol. The number of benzene rings is 1.